The van der Waals surface area contributed by atoms with E-state index in [1.165, 1.54) is 4.90 Å². The third kappa shape index (κ3) is 2.68. The van der Waals surface area contributed by atoms with Crippen LogP contribution in [0.15, 0.2) is 24.3 Å². The van der Waals surface area contributed by atoms with Crippen molar-refractivity contribution in [2.75, 3.05) is 13.2 Å². The second-order valence-electron chi connectivity index (χ2n) is 5.70. The molecule has 1 N–H and O–H groups in total. The summed E-state index contributed by atoms with van der Waals surface area (Å²) < 4.78 is 0. The summed E-state index contributed by atoms with van der Waals surface area (Å²) in [5.74, 6) is -0.416. The van der Waals surface area contributed by atoms with Gasteiger partial charge in [0.1, 0.15) is 0 Å². The summed E-state index contributed by atoms with van der Waals surface area (Å²) in [6.07, 6.45) is 1.36. The molecule has 0 saturated carbocycles. The van der Waals surface area contributed by atoms with Crippen molar-refractivity contribution in [2.24, 2.45) is 5.41 Å². The molecule has 1 heterocycles. The number of fused-ring (bicyclic) bond motifs is 1. The quantitative estimate of drug-likeness (QED) is 0.826. The lowest BCUT2D eigenvalue weighted by molar-refractivity contribution is 0.0630. The van der Waals surface area contributed by atoms with E-state index >= 15 is 0 Å². The van der Waals surface area contributed by atoms with Crippen molar-refractivity contribution in [2.45, 2.75) is 26.7 Å². The normalized spacial score (nSPS) is 15.0. The zero-order valence-corrected chi connectivity index (χ0v) is 11.3. The topological polar surface area (TPSA) is 57.6 Å². The number of amides is 2. The van der Waals surface area contributed by atoms with E-state index in [2.05, 4.69) is 0 Å². The van der Waals surface area contributed by atoms with Gasteiger partial charge in [-0.15, -0.1) is 0 Å². The summed E-state index contributed by atoms with van der Waals surface area (Å²) in [6.45, 7) is 4.58. The third-order valence-corrected chi connectivity index (χ3v) is 3.68. The average Bonchev–Trinajstić information content (AvgIpc) is 2.61. The second-order valence-corrected chi connectivity index (χ2v) is 5.70. The summed E-state index contributed by atoms with van der Waals surface area (Å²) in [6, 6.07) is 6.91. The second kappa shape index (κ2) is 5.13. The molecule has 0 aliphatic carbocycles. The van der Waals surface area contributed by atoms with Gasteiger partial charge in [-0.2, -0.15) is 0 Å². The molecule has 1 aliphatic rings. The highest BCUT2D eigenvalue weighted by atomic mass is 16.3. The Labute approximate surface area is 113 Å². The number of hydrogen-bond acceptors (Lipinski definition) is 3. The van der Waals surface area contributed by atoms with Crippen LogP contribution < -0.4 is 0 Å². The van der Waals surface area contributed by atoms with E-state index in [0.29, 0.717) is 30.5 Å². The molecule has 0 unspecified atom stereocenters. The van der Waals surface area contributed by atoms with Gasteiger partial charge in [0.15, 0.2) is 0 Å². The molecule has 0 saturated heterocycles. The van der Waals surface area contributed by atoms with E-state index in [0.717, 1.165) is 0 Å². The molecule has 1 aliphatic heterocycles. The van der Waals surface area contributed by atoms with Crippen LogP contribution in [0.3, 0.4) is 0 Å². The lowest BCUT2D eigenvalue weighted by atomic mass is 9.86. The lowest BCUT2D eigenvalue weighted by Gasteiger charge is -2.25. The minimum atomic E-state index is -0.208. The molecule has 4 heteroatoms. The van der Waals surface area contributed by atoms with E-state index in [4.69, 9.17) is 5.11 Å². The largest absolute Gasteiger partial charge is 0.396 e. The van der Waals surface area contributed by atoms with E-state index < -0.39 is 0 Å². The Kier molecular flexibility index (Phi) is 3.71. The number of hydrogen-bond donors (Lipinski definition) is 1. The standard InChI is InChI=1S/C15H19NO3/c1-15(2,8-10-17)7-9-16-13(18)11-5-3-4-6-12(11)14(16)19/h3-6,17H,7-10H2,1-2H3. The van der Waals surface area contributed by atoms with Crippen LogP contribution in [-0.4, -0.2) is 35.0 Å². The summed E-state index contributed by atoms with van der Waals surface area (Å²) in [5.41, 5.74) is 0.907. The van der Waals surface area contributed by atoms with Crippen molar-refractivity contribution in [1.82, 2.24) is 4.90 Å². The maximum Gasteiger partial charge on any atom is 0.261 e. The van der Waals surface area contributed by atoms with Gasteiger partial charge in [-0.1, -0.05) is 26.0 Å². The molecule has 0 atom stereocenters. The maximum atomic E-state index is 12.1. The molecule has 0 aromatic heterocycles. The number of benzene rings is 1. The zero-order valence-electron chi connectivity index (χ0n) is 11.3. The number of rotatable bonds is 5. The Morgan fingerprint density at radius 1 is 1.05 bits per heavy atom. The van der Waals surface area contributed by atoms with Gasteiger partial charge in [-0.05, 0) is 30.4 Å². The van der Waals surface area contributed by atoms with Gasteiger partial charge >= 0.3 is 0 Å². The molecule has 102 valence electrons. The Morgan fingerprint density at radius 2 is 1.58 bits per heavy atom. The molecule has 4 nitrogen and oxygen atoms in total. The van der Waals surface area contributed by atoms with Crippen molar-refractivity contribution in [1.29, 1.82) is 0 Å². The zero-order chi connectivity index (χ0) is 14.0. The van der Waals surface area contributed by atoms with Gasteiger partial charge < -0.3 is 5.11 Å². The first-order chi connectivity index (χ1) is 8.96. The lowest BCUT2D eigenvalue weighted by Crippen LogP contribution is -2.33. The van der Waals surface area contributed by atoms with Crippen LogP contribution in [0, 0.1) is 5.41 Å². The van der Waals surface area contributed by atoms with E-state index in [9.17, 15) is 9.59 Å². The SMILES string of the molecule is CC(C)(CCO)CCN1C(=O)c2ccccc2C1=O. The number of aliphatic hydroxyl groups excluding tert-OH is 1. The predicted octanol–water partition coefficient (Wildman–Crippen LogP) is 2.08. The van der Waals surface area contributed by atoms with Crippen LogP contribution in [0.4, 0.5) is 0 Å². The first kappa shape index (κ1) is 13.7. The molecule has 0 fully saturated rings. The van der Waals surface area contributed by atoms with Crippen molar-refractivity contribution in [3.63, 3.8) is 0 Å². The van der Waals surface area contributed by atoms with Gasteiger partial charge in [-0.3, -0.25) is 14.5 Å². The minimum Gasteiger partial charge on any atom is -0.396 e. The fourth-order valence-corrected chi connectivity index (χ4v) is 2.28. The highest BCUT2D eigenvalue weighted by molar-refractivity contribution is 6.21. The van der Waals surface area contributed by atoms with Crippen LogP contribution in [0.5, 0.6) is 0 Å². The molecule has 2 rings (SSSR count). The predicted molar refractivity (Wildman–Crippen MR) is 71.9 cm³/mol. The fourth-order valence-electron chi connectivity index (χ4n) is 2.28. The summed E-state index contributed by atoms with van der Waals surface area (Å²) in [4.78, 5) is 25.6. The number of carbonyl (C=O) groups excluding carboxylic acids is 2. The van der Waals surface area contributed by atoms with Gasteiger partial charge in [0.2, 0.25) is 0 Å². The van der Waals surface area contributed by atoms with Gasteiger partial charge in [-0.25, -0.2) is 0 Å². The van der Waals surface area contributed by atoms with Crippen molar-refractivity contribution < 1.29 is 14.7 Å². The number of imide groups is 1. The number of nitrogens with zero attached hydrogens (tertiary/aromatic N) is 1. The van der Waals surface area contributed by atoms with E-state index in [-0.39, 0.29) is 23.8 Å². The molecular formula is C15H19NO3. The first-order valence-corrected chi connectivity index (χ1v) is 6.52. The van der Waals surface area contributed by atoms with Crippen LogP contribution in [-0.2, 0) is 0 Å². The van der Waals surface area contributed by atoms with Crippen molar-refractivity contribution in [3.05, 3.63) is 35.4 Å². The molecular weight excluding hydrogens is 242 g/mol. The van der Waals surface area contributed by atoms with Gasteiger partial charge in [0, 0.05) is 13.2 Å². The Morgan fingerprint density at radius 3 is 2.05 bits per heavy atom. The highest BCUT2D eigenvalue weighted by Gasteiger charge is 2.35. The van der Waals surface area contributed by atoms with Crippen LogP contribution in [0.1, 0.15) is 47.4 Å². The molecule has 2 amide bonds. The molecule has 1 aromatic carbocycles. The maximum absolute atomic E-state index is 12.1. The van der Waals surface area contributed by atoms with E-state index in [1.807, 2.05) is 13.8 Å². The Balaban J connectivity index is 2.09. The minimum absolute atomic E-state index is 0.0793. The highest BCUT2D eigenvalue weighted by Crippen LogP contribution is 2.28. The third-order valence-electron chi connectivity index (χ3n) is 3.68. The first-order valence-electron chi connectivity index (χ1n) is 6.52. The molecule has 0 spiro atoms. The monoisotopic (exact) mass is 261 g/mol. The average molecular weight is 261 g/mol. The fraction of sp³-hybridized carbons (Fsp3) is 0.467. The Bertz CT molecular complexity index is 473. The summed E-state index contributed by atoms with van der Waals surface area (Å²) in [5, 5.41) is 8.99. The Hall–Kier alpha value is -1.68. The summed E-state index contributed by atoms with van der Waals surface area (Å²) in [7, 11) is 0. The van der Waals surface area contributed by atoms with Crippen molar-refractivity contribution in [3.8, 4) is 0 Å². The van der Waals surface area contributed by atoms with Gasteiger partial charge in [0.25, 0.3) is 11.8 Å². The molecule has 0 bridgehead atoms. The number of carbonyl (C=O) groups is 2. The van der Waals surface area contributed by atoms with Crippen LogP contribution in [0.25, 0.3) is 0 Å². The summed E-state index contributed by atoms with van der Waals surface area (Å²) >= 11 is 0. The van der Waals surface area contributed by atoms with Crippen molar-refractivity contribution >= 4 is 11.8 Å². The van der Waals surface area contributed by atoms with Crippen LogP contribution in [0.2, 0.25) is 0 Å². The molecule has 0 radical (unpaired) electrons. The molecule has 1 aromatic rings. The smallest absolute Gasteiger partial charge is 0.261 e. The van der Waals surface area contributed by atoms with Crippen LogP contribution >= 0.6 is 0 Å². The van der Waals surface area contributed by atoms with Gasteiger partial charge in [0.05, 0.1) is 11.1 Å². The van der Waals surface area contributed by atoms with E-state index in [1.54, 1.807) is 24.3 Å². The molecule has 19 heavy (non-hydrogen) atoms. The number of aliphatic hydroxyl groups is 1.